The molecule has 0 saturated heterocycles. The van der Waals surface area contributed by atoms with Crippen LogP contribution in [-0.4, -0.2) is 37.4 Å². The quantitative estimate of drug-likeness (QED) is 0.508. The second kappa shape index (κ2) is 7.27. The molecule has 88 valence electrons. The molecular formula is C11H15NO3S. The van der Waals surface area contributed by atoms with Crippen molar-refractivity contribution in [1.29, 1.82) is 0 Å². The minimum absolute atomic E-state index is 0.00653. The number of carbonyl (C=O) groups is 1. The summed E-state index contributed by atoms with van der Waals surface area (Å²) in [6.07, 6.45) is 0. The van der Waals surface area contributed by atoms with Gasteiger partial charge in [0.25, 0.3) is 5.91 Å². The van der Waals surface area contributed by atoms with Crippen LogP contribution in [0.1, 0.15) is 10.4 Å². The van der Waals surface area contributed by atoms with Gasteiger partial charge in [-0.2, -0.15) is 0 Å². The van der Waals surface area contributed by atoms with Crippen LogP contribution in [0.5, 0.6) is 0 Å². The van der Waals surface area contributed by atoms with E-state index < -0.39 is 0 Å². The number of rotatable bonds is 6. The first-order valence-electron chi connectivity index (χ1n) is 5.00. The SMILES string of the molecule is O=C(NCCOCCO)c1ccccc1S. The number of hydrogen-bond acceptors (Lipinski definition) is 4. The maximum Gasteiger partial charge on any atom is 0.252 e. The Labute approximate surface area is 100 Å². The number of ether oxygens (including phenoxy) is 1. The summed E-state index contributed by atoms with van der Waals surface area (Å²) in [5.74, 6) is -0.168. The molecule has 2 N–H and O–H groups in total. The lowest BCUT2D eigenvalue weighted by molar-refractivity contribution is 0.0836. The van der Waals surface area contributed by atoms with E-state index in [2.05, 4.69) is 17.9 Å². The molecule has 0 heterocycles. The van der Waals surface area contributed by atoms with Gasteiger partial charge in [-0.3, -0.25) is 4.79 Å². The maximum absolute atomic E-state index is 11.6. The molecule has 0 fully saturated rings. The molecule has 1 rings (SSSR count). The van der Waals surface area contributed by atoms with Gasteiger partial charge in [-0.25, -0.2) is 0 Å². The lowest BCUT2D eigenvalue weighted by Crippen LogP contribution is -2.27. The molecular weight excluding hydrogens is 226 g/mol. The Balaban J connectivity index is 2.33. The Kier molecular flexibility index (Phi) is 5.92. The number of thiol groups is 1. The molecule has 1 amide bonds. The number of aliphatic hydroxyl groups excluding tert-OH is 1. The van der Waals surface area contributed by atoms with Crippen LogP contribution in [0, 0.1) is 0 Å². The second-order valence-electron chi connectivity index (χ2n) is 3.11. The summed E-state index contributed by atoms with van der Waals surface area (Å²) in [7, 11) is 0. The van der Waals surface area contributed by atoms with Gasteiger partial charge in [0, 0.05) is 11.4 Å². The minimum atomic E-state index is -0.168. The molecule has 0 aliphatic heterocycles. The van der Waals surface area contributed by atoms with E-state index in [-0.39, 0.29) is 12.5 Å². The van der Waals surface area contributed by atoms with Crippen molar-refractivity contribution in [1.82, 2.24) is 5.32 Å². The van der Waals surface area contributed by atoms with Crippen LogP contribution < -0.4 is 5.32 Å². The first-order valence-corrected chi connectivity index (χ1v) is 5.45. The van der Waals surface area contributed by atoms with Crippen LogP contribution in [-0.2, 0) is 4.74 Å². The third kappa shape index (κ3) is 4.22. The van der Waals surface area contributed by atoms with Crippen LogP contribution in [0.2, 0.25) is 0 Å². The van der Waals surface area contributed by atoms with E-state index in [1.807, 2.05) is 6.07 Å². The predicted octanol–water partition coefficient (Wildman–Crippen LogP) is 0.714. The standard InChI is InChI=1S/C11H15NO3S/c13-6-8-15-7-5-12-11(14)9-3-1-2-4-10(9)16/h1-4,13,16H,5-8H2,(H,12,14). The zero-order valence-electron chi connectivity index (χ0n) is 8.85. The van der Waals surface area contributed by atoms with E-state index in [1.165, 1.54) is 0 Å². The van der Waals surface area contributed by atoms with E-state index >= 15 is 0 Å². The van der Waals surface area contributed by atoms with Gasteiger partial charge in [-0.15, -0.1) is 12.6 Å². The maximum atomic E-state index is 11.6. The lowest BCUT2D eigenvalue weighted by atomic mass is 10.2. The number of nitrogens with one attached hydrogen (secondary N) is 1. The Bertz CT molecular complexity index is 344. The summed E-state index contributed by atoms with van der Waals surface area (Å²) in [6.45, 7) is 1.09. The summed E-state index contributed by atoms with van der Waals surface area (Å²) in [5, 5.41) is 11.2. The fourth-order valence-corrected chi connectivity index (χ4v) is 1.43. The molecule has 0 aliphatic rings. The van der Waals surface area contributed by atoms with E-state index in [1.54, 1.807) is 18.2 Å². The smallest absolute Gasteiger partial charge is 0.252 e. The monoisotopic (exact) mass is 241 g/mol. The molecule has 0 aliphatic carbocycles. The topological polar surface area (TPSA) is 58.6 Å². The molecule has 0 atom stereocenters. The van der Waals surface area contributed by atoms with Crippen molar-refractivity contribution in [3.05, 3.63) is 29.8 Å². The molecule has 0 bridgehead atoms. The van der Waals surface area contributed by atoms with E-state index in [4.69, 9.17) is 9.84 Å². The van der Waals surface area contributed by atoms with Crippen molar-refractivity contribution in [2.75, 3.05) is 26.4 Å². The average molecular weight is 241 g/mol. The van der Waals surface area contributed by atoms with Gasteiger partial charge >= 0.3 is 0 Å². The fourth-order valence-electron chi connectivity index (χ4n) is 1.16. The van der Waals surface area contributed by atoms with E-state index in [9.17, 15) is 4.79 Å². The summed E-state index contributed by atoms with van der Waals surface area (Å²) >= 11 is 4.19. The zero-order chi connectivity index (χ0) is 11.8. The van der Waals surface area contributed by atoms with Crippen molar-refractivity contribution in [3.63, 3.8) is 0 Å². The van der Waals surface area contributed by atoms with Crippen molar-refractivity contribution >= 4 is 18.5 Å². The molecule has 4 nitrogen and oxygen atoms in total. The summed E-state index contributed by atoms with van der Waals surface area (Å²) in [6, 6.07) is 7.09. The molecule has 0 spiro atoms. The third-order valence-electron chi connectivity index (χ3n) is 1.92. The van der Waals surface area contributed by atoms with Gasteiger partial charge in [0.1, 0.15) is 0 Å². The number of hydrogen-bond donors (Lipinski definition) is 3. The van der Waals surface area contributed by atoms with Crippen molar-refractivity contribution in [3.8, 4) is 0 Å². The molecule has 0 radical (unpaired) electrons. The Morgan fingerprint density at radius 1 is 1.38 bits per heavy atom. The van der Waals surface area contributed by atoms with E-state index in [0.29, 0.717) is 30.2 Å². The highest BCUT2D eigenvalue weighted by Gasteiger charge is 2.07. The Morgan fingerprint density at radius 2 is 2.12 bits per heavy atom. The second-order valence-corrected chi connectivity index (χ2v) is 3.59. The molecule has 0 aromatic heterocycles. The molecule has 1 aromatic rings. The van der Waals surface area contributed by atoms with Crippen LogP contribution in [0.4, 0.5) is 0 Å². The number of aliphatic hydroxyl groups is 1. The zero-order valence-corrected chi connectivity index (χ0v) is 9.74. The van der Waals surface area contributed by atoms with Gasteiger partial charge in [-0.1, -0.05) is 12.1 Å². The fraction of sp³-hybridized carbons (Fsp3) is 0.364. The Morgan fingerprint density at radius 3 is 2.81 bits per heavy atom. The van der Waals surface area contributed by atoms with Crippen LogP contribution in [0.15, 0.2) is 29.2 Å². The molecule has 0 saturated carbocycles. The van der Waals surface area contributed by atoms with Crippen LogP contribution in [0.3, 0.4) is 0 Å². The number of carbonyl (C=O) groups excluding carboxylic acids is 1. The van der Waals surface area contributed by atoms with Crippen molar-refractivity contribution < 1.29 is 14.6 Å². The van der Waals surface area contributed by atoms with Gasteiger partial charge in [0.15, 0.2) is 0 Å². The van der Waals surface area contributed by atoms with Gasteiger partial charge < -0.3 is 15.2 Å². The van der Waals surface area contributed by atoms with Crippen LogP contribution >= 0.6 is 12.6 Å². The summed E-state index contributed by atoms with van der Waals surface area (Å²) in [4.78, 5) is 12.3. The highest BCUT2D eigenvalue weighted by atomic mass is 32.1. The van der Waals surface area contributed by atoms with Crippen molar-refractivity contribution in [2.45, 2.75) is 4.90 Å². The highest BCUT2D eigenvalue weighted by molar-refractivity contribution is 7.80. The first kappa shape index (κ1) is 13.0. The largest absolute Gasteiger partial charge is 0.394 e. The number of benzene rings is 1. The van der Waals surface area contributed by atoms with Crippen LogP contribution in [0.25, 0.3) is 0 Å². The molecule has 16 heavy (non-hydrogen) atoms. The van der Waals surface area contributed by atoms with Gasteiger partial charge in [-0.05, 0) is 12.1 Å². The van der Waals surface area contributed by atoms with Gasteiger partial charge in [0.05, 0.1) is 25.4 Å². The van der Waals surface area contributed by atoms with Gasteiger partial charge in [0.2, 0.25) is 0 Å². The van der Waals surface area contributed by atoms with Crippen molar-refractivity contribution in [2.24, 2.45) is 0 Å². The predicted molar refractivity (Wildman–Crippen MR) is 63.9 cm³/mol. The third-order valence-corrected chi connectivity index (χ3v) is 2.31. The van der Waals surface area contributed by atoms with E-state index in [0.717, 1.165) is 0 Å². The lowest BCUT2D eigenvalue weighted by Gasteiger charge is -2.07. The number of amides is 1. The summed E-state index contributed by atoms with van der Waals surface area (Å²) < 4.78 is 5.02. The first-order chi connectivity index (χ1) is 7.75. The molecule has 1 aromatic carbocycles. The highest BCUT2D eigenvalue weighted by Crippen LogP contribution is 2.12. The molecule has 0 unspecified atom stereocenters. The normalized spacial score (nSPS) is 10.1. The Hall–Kier alpha value is -1.04. The summed E-state index contributed by atoms with van der Waals surface area (Å²) in [5.41, 5.74) is 0.549. The average Bonchev–Trinajstić information content (AvgIpc) is 2.29. The minimum Gasteiger partial charge on any atom is -0.394 e. The molecule has 5 heteroatoms.